The van der Waals surface area contributed by atoms with E-state index in [4.69, 9.17) is 15.2 Å². The monoisotopic (exact) mass is 469 g/mol. The van der Waals surface area contributed by atoms with Crippen LogP contribution in [0.2, 0.25) is 0 Å². The van der Waals surface area contributed by atoms with Crippen molar-refractivity contribution in [3.8, 4) is 17.6 Å². The van der Waals surface area contributed by atoms with Crippen LogP contribution in [0, 0.1) is 18.8 Å². The molecule has 1 atom stereocenters. The van der Waals surface area contributed by atoms with Crippen LogP contribution in [-0.2, 0) is 4.74 Å². The van der Waals surface area contributed by atoms with E-state index in [2.05, 4.69) is 21.8 Å². The molecule has 0 unspecified atom stereocenters. The number of methoxy groups -OCH3 is 1. The fourth-order valence-electron chi connectivity index (χ4n) is 4.26. The molecule has 2 N–H and O–H groups in total. The zero-order valence-corrected chi connectivity index (χ0v) is 20.4. The number of benzene rings is 2. The molecular weight excluding hydrogens is 442 g/mol. The van der Waals surface area contributed by atoms with Crippen molar-refractivity contribution < 1.29 is 14.3 Å². The Morgan fingerprint density at radius 2 is 2.06 bits per heavy atom. The van der Waals surface area contributed by atoms with Gasteiger partial charge in [-0.15, -0.1) is 0 Å². The number of fused-ring (bicyclic) bond motifs is 4. The second-order valence-electron chi connectivity index (χ2n) is 9.19. The lowest BCUT2D eigenvalue weighted by molar-refractivity contribution is 0.0708. The van der Waals surface area contributed by atoms with E-state index in [0.717, 1.165) is 33.7 Å². The van der Waals surface area contributed by atoms with E-state index >= 15 is 0 Å². The number of aromatic nitrogens is 3. The first-order valence-electron chi connectivity index (χ1n) is 11.3. The second-order valence-corrected chi connectivity index (χ2v) is 9.19. The van der Waals surface area contributed by atoms with E-state index in [-0.39, 0.29) is 11.9 Å². The van der Waals surface area contributed by atoms with E-state index in [0.29, 0.717) is 23.5 Å². The Morgan fingerprint density at radius 3 is 2.83 bits per heavy atom. The molecule has 0 spiro atoms. The van der Waals surface area contributed by atoms with Crippen molar-refractivity contribution in [3.63, 3.8) is 0 Å². The summed E-state index contributed by atoms with van der Waals surface area (Å²) in [6.45, 7) is 6.11. The Hall–Kier alpha value is -4.09. The summed E-state index contributed by atoms with van der Waals surface area (Å²) >= 11 is 0. The quantitative estimate of drug-likeness (QED) is 0.459. The van der Waals surface area contributed by atoms with Crippen molar-refractivity contribution in [1.29, 1.82) is 0 Å². The average molecular weight is 470 g/mol. The number of rotatable bonds is 3. The number of anilines is 1. The minimum Gasteiger partial charge on any atom is -0.491 e. The van der Waals surface area contributed by atoms with Crippen LogP contribution in [0.4, 0.5) is 5.82 Å². The number of nitrogens with two attached hydrogens (primary N) is 1. The molecule has 0 saturated heterocycles. The number of likely N-dealkylation sites (N-methyl/N-ethyl adjacent to an activating group) is 1. The van der Waals surface area contributed by atoms with Gasteiger partial charge in [-0.3, -0.25) is 9.20 Å². The van der Waals surface area contributed by atoms with E-state index in [1.54, 1.807) is 31.3 Å². The Balaban J connectivity index is 1.45. The van der Waals surface area contributed by atoms with E-state index in [1.807, 2.05) is 55.5 Å². The molecule has 2 aromatic heterocycles. The van der Waals surface area contributed by atoms with Gasteiger partial charge in [-0.1, -0.05) is 17.9 Å². The van der Waals surface area contributed by atoms with Gasteiger partial charge in [0.1, 0.15) is 35.1 Å². The Morgan fingerprint density at radius 1 is 1.26 bits per heavy atom. The second kappa shape index (κ2) is 8.29. The van der Waals surface area contributed by atoms with Crippen molar-refractivity contribution in [1.82, 2.24) is 19.3 Å². The van der Waals surface area contributed by atoms with Gasteiger partial charge in [0.05, 0.1) is 23.3 Å². The highest BCUT2D eigenvalue weighted by Gasteiger charge is 2.31. The number of amides is 1. The first kappa shape index (κ1) is 22.7. The number of imidazole rings is 1. The minimum absolute atomic E-state index is 0.109. The number of ether oxygens (including phenoxy) is 2. The molecule has 0 bridgehead atoms. The summed E-state index contributed by atoms with van der Waals surface area (Å²) in [5.74, 6) is 8.07. The topological polar surface area (TPSA) is 95.0 Å². The molecule has 8 heteroatoms. The minimum atomic E-state index is -0.531. The van der Waals surface area contributed by atoms with Crippen molar-refractivity contribution >= 4 is 28.3 Å². The van der Waals surface area contributed by atoms with Gasteiger partial charge in [-0.2, -0.15) is 0 Å². The zero-order chi connectivity index (χ0) is 24.9. The number of nitrogen functional groups attached to an aromatic ring is 1. The Bertz CT molecular complexity index is 1540. The summed E-state index contributed by atoms with van der Waals surface area (Å²) in [7, 11) is 3.43. The van der Waals surface area contributed by atoms with Gasteiger partial charge in [0.15, 0.2) is 0 Å². The van der Waals surface area contributed by atoms with Gasteiger partial charge in [-0.25, -0.2) is 9.97 Å². The molecular formula is C27H27N5O3. The fraction of sp³-hybridized carbons (Fsp3) is 0.296. The number of aryl methyl sites for hydroxylation is 1. The van der Waals surface area contributed by atoms with Crippen molar-refractivity contribution in [2.45, 2.75) is 32.4 Å². The van der Waals surface area contributed by atoms with Crippen LogP contribution >= 0.6 is 0 Å². The average Bonchev–Trinajstić information content (AvgIpc) is 3.46. The van der Waals surface area contributed by atoms with E-state index in [1.165, 1.54) is 0 Å². The molecule has 0 saturated carbocycles. The molecule has 0 fully saturated rings. The lowest BCUT2D eigenvalue weighted by Gasteiger charge is -2.24. The van der Waals surface area contributed by atoms with Crippen molar-refractivity contribution in [2.24, 2.45) is 0 Å². The first-order valence-corrected chi connectivity index (χ1v) is 11.3. The maximum Gasteiger partial charge on any atom is 0.254 e. The number of carbonyl (C=O) groups excluding carboxylic acids is 1. The summed E-state index contributed by atoms with van der Waals surface area (Å²) < 4.78 is 13.2. The normalized spacial score (nSPS) is 14.9. The largest absolute Gasteiger partial charge is 0.491 e. The van der Waals surface area contributed by atoms with Crippen LogP contribution in [0.5, 0.6) is 5.75 Å². The Labute approximate surface area is 203 Å². The van der Waals surface area contributed by atoms with E-state index < -0.39 is 5.60 Å². The molecule has 178 valence electrons. The number of hydrogen-bond donors (Lipinski definition) is 1. The van der Waals surface area contributed by atoms with Crippen LogP contribution in [0.3, 0.4) is 0 Å². The van der Waals surface area contributed by atoms with Crippen LogP contribution in [0.25, 0.3) is 16.6 Å². The molecule has 5 rings (SSSR count). The summed E-state index contributed by atoms with van der Waals surface area (Å²) in [4.78, 5) is 24.0. The molecule has 4 aromatic rings. The molecule has 35 heavy (non-hydrogen) atoms. The third kappa shape index (κ3) is 3.94. The number of hydrogen-bond acceptors (Lipinski definition) is 6. The van der Waals surface area contributed by atoms with Crippen molar-refractivity contribution in [3.05, 3.63) is 65.1 Å². The predicted octanol–water partition coefficient (Wildman–Crippen LogP) is 3.76. The predicted molar refractivity (Wildman–Crippen MR) is 134 cm³/mol. The van der Waals surface area contributed by atoms with Crippen LogP contribution in [-0.4, -0.2) is 51.5 Å². The molecule has 1 aliphatic heterocycles. The molecule has 1 amide bonds. The maximum absolute atomic E-state index is 13.5. The first-order chi connectivity index (χ1) is 16.7. The number of nitrogens with zero attached hydrogens (tertiary/aromatic N) is 4. The SMILES string of the molecule is COC(C)(C)C#Cc1ccc2c(c1)OC[C@H]2N(C)C(=O)c1ccc2nc(N)c3cnc(C)n3c2c1. The summed E-state index contributed by atoms with van der Waals surface area (Å²) in [5, 5.41) is 0. The van der Waals surface area contributed by atoms with Gasteiger partial charge >= 0.3 is 0 Å². The van der Waals surface area contributed by atoms with Crippen LogP contribution < -0.4 is 10.5 Å². The zero-order valence-electron chi connectivity index (χ0n) is 20.4. The molecule has 2 aromatic carbocycles. The third-order valence-electron chi connectivity index (χ3n) is 6.48. The Kier molecular flexibility index (Phi) is 5.37. The fourth-order valence-corrected chi connectivity index (χ4v) is 4.26. The van der Waals surface area contributed by atoms with E-state index in [9.17, 15) is 4.79 Å². The summed E-state index contributed by atoms with van der Waals surface area (Å²) in [5.41, 5.74) is 10.1. The van der Waals surface area contributed by atoms with Crippen LogP contribution in [0.15, 0.2) is 42.6 Å². The summed E-state index contributed by atoms with van der Waals surface area (Å²) in [6, 6.07) is 11.1. The van der Waals surface area contributed by atoms with Gasteiger partial charge in [0.2, 0.25) is 0 Å². The molecule has 1 aliphatic rings. The number of carbonyl (C=O) groups is 1. The van der Waals surface area contributed by atoms with Crippen LogP contribution in [0.1, 0.15) is 47.2 Å². The smallest absolute Gasteiger partial charge is 0.254 e. The molecule has 0 radical (unpaired) electrons. The molecule has 8 nitrogen and oxygen atoms in total. The standard InChI is InChI=1S/C27H27N5O3/c1-16-29-14-22-25(28)30-20-9-7-18(13-21(20)32(16)22)26(33)31(4)23-15-35-24-12-17(6-8-19(23)24)10-11-27(2,3)34-5/h6-9,12-14,23H,15H2,1-5H3,(H2,28,30)/t23-/m1/s1. The lowest BCUT2D eigenvalue weighted by atomic mass is 10.0. The van der Waals surface area contributed by atoms with Gasteiger partial charge < -0.3 is 20.1 Å². The molecule has 3 heterocycles. The maximum atomic E-state index is 13.5. The highest BCUT2D eigenvalue weighted by atomic mass is 16.5. The highest BCUT2D eigenvalue weighted by molar-refractivity contribution is 5.98. The van der Waals surface area contributed by atoms with Crippen molar-refractivity contribution in [2.75, 3.05) is 26.5 Å². The lowest BCUT2D eigenvalue weighted by Crippen LogP contribution is -2.32. The van der Waals surface area contributed by atoms with Gasteiger partial charge in [0, 0.05) is 30.8 Å². The van der Waals surface area contributed by atoms with Gasteiger partial charge in [0.25, 0.3) is 5.91 Å². The highest BCUT2D eigenvalue weighted by Crippen LogP contribution is 2.37. The summed E-state index contributed by atoms with van der Waals surface area (Å²) in [6.07, 6.45) is 1.69. The van der Waals surface area contributed by atoms with Gasteiger partial charge in [-0.05, 0) is 51.1 Å². The third-order valence-corrected chi connectivity index (χ3v) is 6.48. The molecule has 0 aliphatic carbocycles.